The lowest BCUT2D eigenvalue weighted by Gasteiger charge is -2.39. The second-order valence-corrected chi connectivity index (χ2v) is 6.27. The molecule has 1 unspecified atom stereocenters. The monoisotopic (exact) mass is 272 g/mol. The van der Waals surface area contributed by atoms with Crippen molar-refractivity contribution < 1.29 is 19.8 Å². The van der Waals surface area contributed by atoms with Gasteiger partial charge in [-0.1, -0.05) is 0 Å². The van der Waals surface area contributed by atoms with E-state index in [2.05, 4.69) is 5.32 Å². The number of aliphatic carboxylic acids is 1. The maximum atomic E-state index is 12.1. The first-order valence-corrected chi connectivity index (χ1v) is 6.53. The number of carbonyl (C=O) groups excluding carboxylic acids is 1. The minimum Gasteiger partial charge on any atom is -0.481 e. The molecule has 1 rings (SSSR count). The van der Waals surface area contributed by atoms with Gasteiger partial charge in [-0.25, -0.2) is 4.79 Å². The van der Waals surface area contributed by atoms with E-state index in [0.29, 0.717) is 13.1 Å². The molecule has 6 heteroatoms. The highest BCUT2D eigenvalue weighted by molar-refractivity contribution is 5.79. The largest absolute Gasteiger partial charge is 0.481 e. The molecule has 1 saturated heterocycles. The highest BCUT2D eigenvalue weighted by atomic mass is 16.4. The van der Waals surface area contributed by atoms with Crippen LogP contribution in [0.1, 0.15) is 34.1 Å². The summed E-state index contributed by atoms with van der Waals surface area (Å²) < 4.78 is 0. The van der Waals surface area contributed by atoms with Crippen LogP contribution in [0.25, 0.3) is 0 Å². The number of carbonyl (C=O) groups is 2. The lowest BCUT2D eigenvalue weighted by molar-refractivity contribution is -0.150. The van der Waals surface area contributed by atoms with Crippen LogP contribution in [0.4, 0.5) is 4.79 Å². The summed E-state index contributed by atoms with van der Waals surface area (Å²) in [7, 11) is 0. The number of nitrogens with zero attached hydrogens (tertiary/aromatic N) is 1. The van der Waals surface area contributed by atoms with Crippen LogP contribution < -0.4 is 5.32 Å². The van der Waals surface area contributed by atoms with E-state index in [9.17, 15) is 14.7 Å². The maximum absolute atomic E-state index is 12.1. The molecular weight excluding hydrogens is 248 g/mol. The quantitative estimate of drug-likeness (QED) is 0.709. The van der Waals surface area contributed by atoms with Gasteiger partial charge in [-0.15, -0.1) is 0 Å². The zero-order valence-corrected chi connectivity index (χ0v) is 12.1. The fraction of sp³-hybridized carbons (Fsp3) is 0.846. The van der Waals surface area contributed by atoms with Crippen LogP contribution in [0.5, 0.6) is 0 Å². The number of amides is 2. The summed E-state index contributed by atoms with van der Waals surface area (Å²) in [4.78, 5) is 25.0. The van der Waals surface area contributed by atoms with Crippen molar-refractivity contribution in [2.45, 2.75) is 39.7 Å². The van der Waals surface area contributed by atoms with Crippen molar-refractivity contribution in [2.24, 2.45) is 11.3 Å². The molecule has 0 aromatic rings. The molecule has 0 aliphatic carbocycles. The fourth-order valence-corrected chi connectivity index (χ4v) is 1.94. The molecule has 6 nitrogen and oxygen atoms in total. The number of urea groups is 1. The predicted molar refractivity (Wildman–Crippen MR) is 70.8 cm³/mol. The first-order valence-electron chi connectivity index (χ1n) is 6.53. The molecule has 1 aliphatic rings. The average Bonchev–Trinajstić information content (AvgIpc) is 2.76. The summed E-state index contributed by atoms with van der Waals surface area (Å²) >= 11 is 0. The highest BCUT2D eigenvalue weighted by Gasteiger charge is 2.45. The fourth-order valence-electron chi connectivity index (χ4n) is 1.94. The number of carboxylic acid groups (broad SMARTS) is 1. The summed E-state index contributed by atoms with van der Waals surface area (Å²) in [5, 5.41) is 21.1. The van der Waals surface area contributed by atoms with E-state index < -0.39 is 16.9 Å². The molecular formula is C13H24N2O4. The van der Waals surface area contributed by atoms with Crippen molar-refractivity contribution in [2.75, 3.05) is 19.7 Å². The standard InChI is InChI=1S/C13H24N2O4/c1-12(2,10(17)18)13(3,4)14-11(19)15-6-5-9(7-15)8-16/h9,16H,5-8H2,1-4H3,(H,14,19)(H,17,18). The number of aliphatic hydroxyl groups is 1. The third-order valence-electron chi connectivity index (χ3n) is 4.35. The first-order chi connectivity index (χ1) is 8.61. The number of hydrogen-bond acceptors (Lipinski definition) is 3. The molecule has 3 N–H and O–H groups in total. The molecule has 19 heavy (non-hydrogen) atoms. The van der Waals surface area contributed by atoms with Crippen molar-refractivity contribution >= 4 is 12.0 Å². The van der Waals surface area contributed by atoms with Crippen molar-refractivity contribution in [1.29, 1.82) is 0 Å². The highest BCUT2D eigenvalue weighted by Crippen LogP contribution is 2.31. The third kappa shape index (κ3) is 3.18. The van der Waals surface area contributed by atoms with Gasteiger partial charge in [0.25, 0.3) is 0 Å². The summed E-state index contributed by atoms with van der Waals surface area (Å²) in [6.07, 6.45) is 0.784. The second-order valence-electron chi connectivity index (χ2n) is 6.27. The van der Waals surface area contributed by atoms with Gasteiger partial charge >= 0.3 is 12.0 Å². The van der Waals surface area contributed by atoms with Crippen LogP contribution in [0.2, 0.25) is 0 Å². The molecule has 1 heterocycles. The molecule has 1 aliphatic heterocycles. The molecule has 0 bridgehead atoms. The summed E-state index contributed by atoms with van der Waals surface area (Å²) in [5.41, 5.74) is -1.94. The van der Waals surface area contributed by atoms with Crippen LogP contribution in [-0.2, 0) is 4.79 Å². The van der Waals surface area contributed by atoms with Gasteiger partial charge in [0.1, 0.15) is 0 Å². The zero-order valence-electron chi connectivity index (χ0n) is 12.1. The predicted octanol–water partition coefficient (Wildman–Crippen LogP) is 0.900. The third-order valence-corrected chi connectivity index (χ3v) is 4.35. The number of rotatable bonds is 4. The smallest absolute Gasteiger partial charge is 0.317 e. The van der Waals surface area contributed by atoms with Crippen LogP contribution in [0.15, 0.2) is 0 Å². The molecule has 2 amide bonds. The molecule has 0 aromatic carbocycles. The summed E-state index contributed by atoms with van der Waals surface area (Å²) in [5.74, 6) is -0.825. The Balaban J connectivity index is 2.69. The van der Waals surface area contributed by atoms with Gasteiger partial charge in [0.15, 0.2) is 0 Å². The minimum absolute atomic E-state index is 0.0772. The SMILES string of the molecule is CC(C)(NC(=O)N1CCC(CO)C1)C(C)(C)C(=O)O. The Morgan fingerprint density at radius 1 is 1.32 bits per heavy atom. The van der Waals surface area contributed by atoms with Crippen LogP contribution >= 0.6 is 0 Å². The summed E-state index contributed by atoms with van der Waals surface area (Å²) in [6.45, 7) is 7.80. The van der Waals surface area contributed by atoms with E-state index in [4.69, 9.17) is 5.11 Å². The van der Waals surface area contributed by atoms with E-state index in [1.165, 1.54) is 0 Å². The van der Waals surface area contributed by atoms with Crippen molar-refractivity contribution in [3.8, 4) is 0 Å². The lowest BCUT2D eigenvalue weighted by atomic mass is 9.74. The number of carboxylic acids is 1. The number of likely N-dealkylation sites (tertiary alicyclic amines) is 1. The van der Waals surface area contributed by atoms with Gasteiger partial charge in [0, 0.05) is 25.6 Å². The van der Waals surface area contributed by atoms with E-state index in [1.54, 1.807) is 32.6 Å². The average molecular weight is 272 g/mol. The Morgan fingerprint density at radius 3 is 2.32 bits per heavy atom. The topological polar surface area (TPSA) is 89.9 Å². The zero-order chi connectivity index (χ0) is 14.8. The minimum atomic E-state index is -1.07. The summed E-state index contributed by atoms with van der Waals surface area (Å²) in [6, 6.07) is -0.268. The second kappa shape index (κ2) is 5.36. The molecule has 0 spiro atoms. The lowest BCUT2D eigenvalue weighted by Crippen LogP contribution is -2.59. The van der Waals surface area contributed by atoms with E-state index >= 15 is 0 Å². The molecule has 110 valence electrons. The molecule has 1 fully saturated rings. The van der Waals surface area contributed by atoms with Gasteiger partial charge < -0.3 is 20.4 Å². The van der Waals surface area contributed by atoms with Gasteiger partial charge in [-0.05, 0) is 34.1 Å². The van der Waals surface area contributed by atoms with Gasteiger partial charge in [0.05, 0.1) is 11.0 Å². The van der Waals surface area contributed by atoms with E-state index in [0.717, 1.165) is 6.42 Å². The Hall–Kier alpha value is -1.30. The van der Waals surface area contributed by atoms with Crippen LogP contribution in [-0.4, -0.2) is 52.3 Å². The maximum Gasteiger partial charge on any atom is 0.317 e. The van der Waals surface area contributed by atoms with Gasteiger partial charge in [0.2, 0.25) is 0 Å². The number of nitrogens with one attached hydrogen (secondary N) is 1. The van der Waals surface area contributed by atoms with Crippen LogP contribution in [0.3, 0.4) is 0 Å². The molecule has 1 atom stereocenters. The van der Waals surface area contributed by atoms with Crippen LogP contribution in [0, 0.1) is 11.3 Å². The number of hydrogen-bond donors (Lipinski definition) is 3. The Bertz CT molecular complexity index is 366. The molecule has 0 radical (unpaired) electrons. The van der Waals surface area contributed by atoms with Gasteiger partial charge in [-0.3, -0.25) is 4.79 Å². The van der Waals surface area contributed by atoms with Gasteiger partial charge in [-0.2, -0.15) is 0 Å². The number of aliphatic hydroxyl groups excluding tert-OH is 1. The Morgan fingerprint density at radius 2 is 1.89 bits per heavy atom. The van der Waals surface area contributed by atoms with Crippen molar-refractivity contribution in [3.05, 3.63) is 0 Å². The normalized spacial score (nSPS) is 20.5. The first kappa shape index (κ1) is 15.8. The van der Waals surface area contributed by atoms with E-state index in [1.807, 2.05) is 0 Å². The molecule has 0 aromatic heterocycles. The molecule has 0 saturated carbocycles. The Kier molecular flexibility index (Phi) is 4.45. The van der Waals surface area contributed by atoms with E-state index in [-0.39, 0.29) is 18.6 Å². The van der Waals surface area contributed by atoms with Crippen molar-refractivity contribution in [1.82, 2.24) is 10.2 Å². The Labute approximate surface area is 113 Å². The van der Waals surface area contributed by atoms with Crippen molar-refractivity contribution in [3.63, 3.8) is 0 Å².